The third-order valence-corrected chi connectivity index (χ3v) is 5.95. The van der Waals surface area contributed by atoms with E-state index in [9.17, 15) is 13.2 Å². The Morgan fingerprint density at radius 3 is 2.52 bits per heavy atom. The van der Waals surface area contributed by atoms with Gasteiger partial charge in [-0.15, -0.1) is 0 Å². The maximum absolute atomic E-state index is 12.4. The molecule has 0 bridgehead atoms. The van der Waals surface area contributed by atoms with Crippen molar-refractivity contribution in [3.8, 4) is 0 Å². The number of nitrogens with one attached hydrogen (secondary N) is 1. The molecule has 1 amide bonds. The fraction of sp³-hybridized carbons (Fsp3) is 0.278. The Balaban J connectivity index is 1.56. The monoisotopic (exact) mass is 360 g/mol. The second kappa shape index (κ2) is 7.67. The molecule has 3 rings (SSSR count). The van der Waals surface area contributed by atoms with Gasteiger partial charge in [0.25, 0.3) is 0 Å². The van der Waals surface area contributed by atoms with Crippen LogP contribution in [0.2, 0.25) is 0 Å². The zero-order valence-electron chi connectivity index (χ0n) is 13.7. The third-order valence-electron chi connectivity index (χ3n) is 4.04. The lowest BCUT2D eigenvalue weighted by atomic mass is 10.2. The molecule has 2 heterocycles. The van der Waals surface area contributed by atoms with Gasteiger partial charge in [0, 0.05) is 25.7 Å². The molecule has 25 heavy (non-hydrogen) atoms. The molecule has 132 valence electrons. The molecule has 7 heteroatoms. The normalized spacial score (nSPS) is 15.7. The summed E-state index contributed by atoms with van der Waals surface area (Å²) in [6, 6.07) is 10.1. The van der Waals surface area contributed by atoms with Crippen LogP contribution in [0.5, 0.6) is 0 Å². The first kappa shape index (κ1) is 17.4. The molecule has 6 nitrogen and oxygen atoms in total. The van der Waals surface area contributed by atoms with E-state index in [-0.39, 0.29) is 5.91 Å². The van der Waals surface area contributed by atoms with E-state index in [1.807, 2.05) is 0 Å². The number of benzene rings is 1. The number of sulfonamides is 1. The number of hydrogen-bond acceptors (Lipinski definition) is 4. The van der Waals surface area contributed by atoms with Crippen LogP contribution in [0.25, 0.3) is 6.08 Å². The molecule has 1 aromatic heterocycles. The molecule has 1 aliphatic heterocycles. The minimum Gasteiger partial charge on any atom is -0.465 e. The number of amides is 1. The fourth-order valence-electron chi connectivity index (χ4n) is 2.65. The quantitative estimate of drug-likeness (QED) is 0.802. The van der Waals surface area contributed by atoms with Crippen LogP contribution in [0.1, 0.15) is 24.2 Å². The van der Waals surface area contributed by atoms with Gasteiger partial charge in [-0.05, 0) is 48.7 Å². The summed E-state index contributed by atoms with van der Waals surface area (Å²) in [4.78, 5) is 12.1. The van der Waals surface area contributed by atoms with E-state index < -0.39 is 10.0 Å². The van der Waals surface area contributed by atoms with Gasteiger partial charge in [0.2, 0.25) is 15.9 Å². The average molecular weight is 360 g/mol. The van der Waals surface area contributed by atoms with Gasteiger partial charge in [-0.25, -0.2) is 8.42 Å². The maximum Gasteiger partial charge on any atom is 0.244 e. The number of furan rings is 1. The highest BCUT2D eigenvalue weighted by molar-refractivity contribution is 7.89. The zero-order valence-corrected chi connectivity index (χ0v) is 14.5. The van der Waals surface area contributed by atoms with Gasteiger partial charge in [0.05, 0.1) is 11.2 Å². The van der Waals surface area contributed by atoms with Crippen LogP contribution in [0.4, 0.5) is 0 Å². The Morgan fingerprint density at radius 1 is 1.16 bits per heavy atom. The Hall–Kier alpha value is -2.38. The molecule has 1 fully saturated rings. The van der Waals surface area contributed by atoms with Gasteiger partial charge in [0.1, 0.15) is 5.76 Å². The summed E-state index contributed by atoms with van der Waals surface area (Å²) in [6.07, 6.45) is 6.34. The molecule has 1 aliphatic rings. The second-order valence-corrected chi connectivity index (χ2v) is 7.76. The number of carbonyl (C=O) groups excluding carboxylic acids is 1. The first-order valence-corrected chi connectivity index (χ1v) is 9.58. The lowest BCUT2D eigenvalue weighted by molar-refractivity contribution is -0.116. The van der Waals surface area contributed by atoms with Gasteiger partial charge in [-0.3, -0.25) is 4.79 Å². The SMILES string of the molecule is O=C(/C=C/c1ccco1)NCc1ccc(S(=O)(=O)N2CCCC2)cc1. The number of hydrogen-bond donors (Lipinski definition) is 1. The number of nitrogens with zero attached hydrogens (tertiary/aromatic N) is 1. The van der Waals surface area contributed by atoms with Crippen molar-refractivity contribution in [3.05, 3.63) is 60.1 Å². The molecule has 0 spiro atoms. The van der Waals surface area contributed by atoms with Crippen LogP contribution in [0, 0.1) is 0 Å². The second-order valence-electron chi connectivity index (χ2n) is 5.82. The van der Waals surface area contributed by atoms with E-state index in [0.29, 0.717) is 30.3 Å². The summed E-state index contributed by atoms with van der Waals surface area (Å²) < 4.78 is 31.5. The van der Waals surface area contributed by atoms with E-state index in [1.165, 1.54) is 16.6 Å². The summed E-state index contributed by atoms with van der Waals surface area (Å²) in [5.41, 5.74) is 0.833. The van der Waals surface area contributed by atoms with Gasteiger partial charge in [0.15, 0.2) is 0 Å². The summed E-state index contributed by atoms with van der Waals surface area (Å²) in [5, 5.41) is 2.75. The highest BCUT2D eigenvalue weighted by Gasteiger charge is 2.26. The van der Waals surface area contributed by atoms with E-state index in [1.54, 1.807) is 42.5 Å². The fourth-order valence-corrected chi connectivity index (χ4v) is 4.17. The van der Waals surface area contributed by atoms with Crippen LogP contribution >= 0.6 is 0 Å². The van der Waals surface area contributed by atoms with E-state index in [0.717, 1.165) is 18.4 Å². The minimum atomic E-state index is -3.40. The van der Waals surface area contributed by atoms with Crippen molar-refractivity contribution >= 4 is 22.0 Å². The van der Waals surface area contributed by atoms with Gasteiger partial charge in [-0.2, -0.15) is 4.31 Å². The molecular formula is C18H20N2O4S. The van der Waals surface area contributed by atoms with Crippen molar-refractivity contribution in [2.45, 2.75) is 24.3 Å². The molecule has 0 radical (unpaired) electrons. The molecule has 1 saturated heterocycles. The molecule has 0 aliphatic carbocycles. The molecule has 1 N–H and O–H groups in total. The van der Waals surface area contributed by atoms with Crippen molar-refractivity contribution < 1.29 is 17.6 Å². The van der Waals surface area contributed by atoms with Crippen molar-refractivity contribution in [1.29, 1.82) is 0 Å². The Bertz CT molecular complexity index is 834. The maximum atomic E-state index is 12.4. The number of carbonyl (C=O) groups is 1. The van der Waals surface area contributed by atoms with Crippen molar-refractivity contribution in [2.75, 3.05) is 13.1 Å². The van der Waals surface area contributed by atoms with E-state index >= 15 is 0 Å². The van der Waals surface area contributed by atoms with Crippen LogP contribution in [0.15, 0.2) is 58.1 Å². The lowest BCUT2D eigenvalue weighted by Gasteiger charge is -2.15. The molecule has 1 aromatic carbocycles. The topological polar surface area (TPSA) is 79.6 Å². The molecular weight excluding hydrogens is 340 g/mol. The van der Waals surface area contributed by atoms with Crippen molar-refractivity contribution in [3.63, 3.8) is 0 Å². The lowest BCUT2D eigenvalue weighted by Crippen LogP contribution is -2.27. The van der Waals surface area contributed by atoms with E-state index in [2.05, 4.69) is 5.32 Å². The summed E-state index contributed by atoms with van der Waals surface area (Å²) in [7, 11) is -3.40. The molecule has 2 aromatic rings. The summed E-state index contributed by atoms with van der Waals surface area (Å²) >= 11 is 0. The summed E-state index contributed by atoms with van der Waals surface area (Å²) in [6.45, 7) is 1.50. The Morgan fingerprint density at radius 2 is 1.88 bits per heavy atom. The van der Waals surface area contributed by atoms with Crippen LogP contribution in [-0.2, 0) is 21.4 Å². The highest BCUT2D eigenvalue weighted by Crippen LogP contribution is 2.21. The van der Waals surface area contributed by atoms with Crippen molar-refractivity contribution in [2.24, 2.45) is 0 Å². The standard InChI is InChI=1S/C18H20N2O4S/c21-18(10-7-16-4-3-13-24-16)19-14-15-5-8-17(9-6-15)25(22,23)20-11-1-2-12-20/h3-10,13H,1-2,11-12,14H2,(H,19,21)/b10-7+. The molecule has 0 unspecified atom stereocenters. The predicted molar refractivity (Wildman–Crippen MR) is 94.0 cm³/mol. The molecule has 0 atom stereocenters. The smallest absolute Gasteiger partial charge is 0.244 e. The first-order chi connectivity index (χ1) is 12.1. The first-order valence-electron chi connectivity index (χ1n) is 8.14. The third kappa shape index (κ3) is 4.37. The highest BCUT2D eigenvalue weighted by atomic mass is 32.2. The number of rotatable bonds is 6. The van der Waals surface area contributed by atoms with Crippen LogP contribution in [-0.4, -0.2) is 31.7 Å². The Kier molecular flexibility index (Phi) is 5.35. The predicted octanol–water partition coefficient (Wildman–Crippen LogP) is 2.39. The Labute approximate surface area is 147 Å². The van der Waals surface area contributed by atoms with Gasteiger partial charge >= 0.3 is 0 Å². The minimum absolute atomic E-state index is 0.245. The average Bonchev–Trinajstić information content (AvgIpc) is 3.32. The summed E-state index contributed by atoms with van der Waals surface area (Å²) in [5.74, 6) is 0.358. The zero-order chi connectivity index (χ0) is 17.7. The van der Waals surface area contributed by atoms with Crippen LogP contribution in [0.3, 0.4) is 0 Å². The largest absolute Gasteiger partial charge is 0.465 e. The van der Waals surface area contributed by atoms with E-state index in [4.69, 9.17) is 4.42 Å². The van der Waals surface area contributed by atoms with Gasteiger partial charge in [-0.1, -0.05) is 12.1 Å². The molecule has 0 saturated carbocycles. The van der Waals surface area contributed by atoms with Gasteiger partial charge < -0.3 is 9.73 Å². The van der Waals surface area contributed by atoms with Crippen LogP contribution < -0.4 is 5.32 Å². The van der Waals surface area contributed by atoms with Crippen molar-refractivity contribution in [1.82, 2.24) is 9.62 Å².